The van der Waals surface area contributed by atoms with Crippen molar-refractivity contribution < 1.29 is 14.6 Å². The van der Waals surface area contributed by atoms with Crippen LogP contribution in [-0.4, -0.2) is 66.8 Å². The van der Waals surface area contributed by atoms with E-state index in [4.69, 9.17) is 9.84 Å². The maximum atomic E-state index is 12.1. The molecule has 1 aliphatic heterocycles. The van der Waals surface area contributed by atoms with Gasteiger partial charge in [-0.05, 0) is 37.1 Å². The maximum absolute atomic E-state index is 12.1. The second kappa shape index (κ2) is 7.43. The highest BCUT2D eigenvalue weighted by Crippen LogP contribution is 2.16. The molecule has 0 aliphatic carbocycles. The Morgan fingerprint density at radius 2 is 1.90 bits per heavy atom. The molecule has 1 heterocycles. The van der Waals surface area contributed by atoms with Gasteiger partial charge in [-0.3, -0.25) is 9.69 Å². The first kappa shape index (κ1) is 15.8. The van der Waals surface area contributed by atoms with E-state index in [-0.39, 0.29) is 19.1 Å². The van der Waals surface area contributed by atoms with Crippen LogP contribution in [0.25, 0.3) is 0 Å². The summed E-state index contributed by atoms with van der Waals surface area (Å²) >= 11 is 0. The van der Waals surface area contributed by atoms with Gasteiger partial charge in [-0.15, -0.1) is 0 Å². The SMILES string of the molecule is Cc1ccc(OCC(=O)N2CCN(CCO)CC2)cc1C. The van der Waals surface area contributed by atoms with E-state index in [9.17, 15) is 4.79 Å². The van der Waals surface area contributed by atoms with E-state index in [1.807, 2.05) is 30.0 Å². The lowest BCUT2D eigenvalue weighted by atomic mass is 10.1. The molecule has 0 radical (unpaired) electrons. The molecule has 1 aliphatic rings. The minimum atomic E-state index is 0.0249. The van der Waals surface area contributed by atoms with Gasteiger partial charge in [0.05, 0.1) is 6.61 Å². The molecule has 0 saturated carbocycles. The van der Waals surface area contributed by atoms with Crippen molar-refractivity contribution in [3.05, 3.63) is 29.3 Å². The largest absolute Gasteiger partial charge is 0.484 e. The molecule has 1 aromatic rings. The zero-order valence-corrected chi connectivity index (χ0v) is 12.8. The molecule has 116 valence electrons. The summed E-state index contributed by atoms with van der Waals surface area (Å²) in [7, 11) is 0. The van der Waals surface area contributed by atoms with Gasteiger partial charge < -0.3 is 14.7 Å². The van der Waals surface area contributed by atoms with E-state index in [0.29, 0.717) is 19.6 Å². The van der Waals surface area contributed by atoms with E-state index in [1.165, 1.54) is 5.56 Å². The summed E-state index contributed by atoms with van der Waals surface area (Å²) in [5.41, 5.74) is 2.38. The summed E-state index contributed by atoms with van der Waals surface area (Å²) in [6, 6.07) is 5.86. The highest BCUT2D eigenvalue weighted by Gasteiger charge is 2.20. The van der Waals surface area contributed by atoms with Crippen molar-refractivity contribution in [2.24, 2.45) is 0 Å². The van der Waals surface area contributed by atoms with E-state index >= 15 is 0 Å². The fraction of sp³-hybridized carbons (Fsp3) is 0.562. The molecule has 1 N–H and O–H groups in total. The second-order valence-corrected chi connectivity index (χ2v) is 5.48. The first-order valence-electron chi connectivity index (χ1n) is 7.41. The Kier molecular flexibility index (Phi) is 5.59. The second-order valence-electron chi connectivity index (χ2n) is 5.48. The summed E-state index contributed by atoms with van der Waals surface area (Å²) in [6.45, 7) is 8.06. The average molecular weight is 292 g/mol. The van der Waals surface area contributed by atoms with Gasteiger partial charge in [0.25, 0.3) is 5.91 Å². The quantitative estimate of drug-likeness (QED) is 0.873. The van der Waals surface area contributed by atoms with E-state index in [1.54, 1.807) is 0 Å². The van der Waals surface area contributed by atoms with Crippen LogP contribution in [0.15, 0.2) is 18.2 Å². The van der Waals surface area contributed by atoms with Crippen molar-refractivity contribution in [2.75, 3.05) is 45.9 Å². The van der Waals surface area contributed by atoms with Crippen LogP contribution < -0.4 is 4.74 Å². The number of hydrogen-bond donors (Lipinski definition) is 1. The van der Waals surface area contributed by atoms with Crippen molar-refractivity contribution in [3.63, 3.8) is 0 Å². The average Bonchev–Trinajstić information content (AvgIpc) is 2.49. The van der Waals surface area contributed by atoms with E-state index in [2.05, 4.69) is 11.8 Å². The number of aliphatic hydroxyl groups excluding tert-OH is 1. The van der Waals surface area contributed by atoms with Crippen LogP contribution in [0.3, 0.4) is 0 Å². The summed E-state index contributed by atoms with van der Waals surface area (Å²) in [5.74, 6) is 0.766. The van der Waals surface area contributed by atoms with Gasteiger partial charge in [0.1, 0.15) is 5.75 Å². The number of nitrogens with zero attached hydrogens (tertiary/aromatic N) is 2. The van der Waals surface area contributed by atoms with Gasteiger partial charge >= 0.3 is 0 Å². The smallest absolute Gasteiger partial charge is 0.260 e. The molecular weight excluding hydrogens is 268 g/mol. The van der Waals surface area contributed by atoms with Gasteiger partial charge in [0.15, 0.2) is 6.61 Å². The number of carbonyl (C=O) groups excluding carboxylic acids is 1. The van der Waals surface area contributed by atoms with Crippen molar-refractivity contribution in [2.45, 2.75) is 13.8 Å². The first-order valence-corrected chi connectivity index (χ1v) is 7.41. The lowest BCUT2D eigenvalue weighted by Crippen LogP contribution is -2.50. The van der Waals surface area contributed by atoms with Crippen molar-refractivity contribution >= 4 is 5.91 Å². The fourth-order valence-corrected chi connectivity index (χ4v) is 2.40. The number of ether oxygens (including phenoxy) is 1. The van der Waals surface area contributed by atoms with E-state index < -0.39 is 0 Å². The minimum Gasteiger partial charge on any atom is -0.484 e. The number of aryl methyl sites for hydroxylation is 2. The van der Waals surface area contributed by atoms with Gasteiger partial charge in [-0.2, -0.15) is 0 Å². The zero-order valence-electron chi connectivity index (χ0n) is 12.8. The number of carbonyl (C=O) groups is 1. The predicted molar refractivity (Wildman–Crippen MR) is 81.5 cm³/mol. The van der Waals surface area contributed by atoms with Crippen LogP contribution in [0, 0.1) is 13.8 Å². The van der Waals surface area contributed by atoms with Crippen molar-refractivity contribution in [1.29, 1.82) is 0 Å². The van der Waals surface area contributed by atoms with Crippen LogP contribution in [0.2, 0.25) is 0 Å². The molecule has 1 amide bonds. The van der Waals surface area contributed by atoms with Crippen LogP contribution in [0.4, 0.5) is 0 Å². The molecule has 0 aromatic heterocycles. The Morgan fingerprint density at radius 1 is 1.19 bits per heavy atom. The topological polar surface area (TPSA) is 53.0 Å². The third kappa shape index (κ3) is 4.44. The fourth-order valence-electron chi connectivity index (χ4n) is 2.40. The van der Waals surface area contributed by atoms with Gasteiger partial charge in [-0.1, -0.05) is 6.07 Å². The molecule has 21 heavy (non-hydrogen) atoms. The Morgan fingerprint density at radius 3 is 2.52 bits per heavy atom. The molecule has 0 bridgehead atoms. The summed E-state index contributed by atoms with van der Waals surface area (Å²) in [5, 5.41) is 8.90. The van der Waals surface area contributed by atoms with Crippen molar-refractivity contribution in [1.82, 2.24) is 9.80 Å². The molecule has 0 spiro atoms. The molecule has 0 atom stereocenters. The molecular formula is C16H24N2O3. The van der Waals surface area contributed by atoms with Gasteiger partial charge in [-0.25, -0.2) is 0 Å². The van der Waals surface area contributed by atoms with Crippen molar-refractivity contribution in [3.8, 4) is 5.75 Å². The molecule has 1 fully saturated rings. The van der Waals surface area contributed by atoms with Crippen LogP contribution >= 0.6 is 0 Å². The third-order valence-corrected chi connectivity index (χ3v) is 3.98. The van der Waals surface area contributed by atoms with Crippen LogP contribution in [0.1, 0.15) is 11.1 Å². The normalized spacial score (nSPS) is 16.0. The number of piperazine rings is 1. The molecule has 1 saturated heterocycles. The minimum absolute atomic E-state index is 0.0249. The van der Waals surface area contributed by atoms with Gasteiger partial charge in [0.2, 0.25) is 0 Å². The summed E-state index contributed by atoms with van der Waals surface area (Å²) in [4.78, 5) is 16.1. The lowest BCUT2D eigenvalue weighted by molar-refractivity contribution is -0.135. The zero-order chi connectivity index (χ0) is 15.2. The number of amides is 1. The number of β-amino-alcohol motifs (C(OH)–C–C–N with tert-alkyl or cyclic N) is 1. The maximum Gasteiger partial charge on any atom is 0.260 e. The Hall–Kier alpha value is -1.59. The van der Waals surface area contributed by atoms with Crippen LogP contribution in [-0.2, 0) is 4.79 Å². The first-order chi connectivity index (χ1) is 10.1. The summed E-state index contributed by atoms with van der Waals surface area (Å²) in [6.07, 6.45) is 0. The predicted octanol–water partition coefficient (Wildman–Crippen LogP) is 0.819. The standard InChI is InChI=1S/C16H24N2O3/c1-13-3-4-15(11-14(13)2)21-12-16(20)18-7-5-17(6-8-18)9-10-19/h3-4,11,19H,5-10,12H2,1-2H3. The Bertz CT molecular complexity index is 482. The highest BCUT2D eigenvalue weighted by atomic mass is 16.5. The number of hydrogen-bond acceptors (Lipinski definition) is 4. The molecule has 1 aromatic carbocycles. The van der Waals surface area contributed by atoms with Gasteiger partial charge in [0, 0.05) is 32.7 Å². The number of rotatable bonds is 5. The molecule has 5 nitrogen and oxygen atoms in total. The highest BCUT2D eigenvalue weighted by molar-refractivity contribution is 5.77. The van der Waals surface area contributed by atoms with Crippen LogP contribution in [0.5, 0.6) is 5.75 Å². The summed E-state index contributed by atoms with van der Waals surface area (Å²) < 4.78 is 5.59. The Balaban J connectivity index is 1.78. The molecule has 0 unspecified atom stereocenters. The number of aliphatic hydroxyl groups is 1. The Labute approximate surface area is 126 Å². The third-order valence-electron chi connectivity index (χ3n) is 3.98. The molecule has 5 heteroatoms. The van der Waals surface area contributed by atoms with E-state index in [0.717, 1.165) is 24.4 Å². The number of benzene rings is 1. The lowest BCUT2D eigenvalue weighted by Gasteiger charge is -2.34. The molecule has 2 rings (SSSR count). The monoisotopic (exact) mass is 292 g/mol.